The lowest BCUT2D eigenvalue weighted by Crippen LogP contribution is -2.05. The fraction of sp³-hybridized carbons (Fsp3) is 0.250. The molecular weight excluding hydrogens is 224 g/mol. The smallest absolute Gasteiger partial charge is 0.160 e. The molecule has 2 rings (SSSR count). The van der Waals surface area contributed by atoms with Gasteiger partial charge in [0, 0.05) is 11.8 Å². The van der Waals surface area contributed by atoms with E-state index >= 15 is 0 Å². The van der Waals surface area contributed by atoms with Gasteiger partial charge in [0.1, 0.15) is 0 Å². The molecule has 0 spiro atoms. The van der Waals surface area contributed by atoms with Crippen molar-refractivity contribution in [3.05, 3.63) is 47.3 Å². The van der Waals surface area contributed by atoms with Crippen LogP contribution in [0.4, 0.5) is 8.78 Å². The fourth-order valence-electron chi connectivity index (χ4n) is 1.72. The Labute approximate surface area is 97.9 Å². The zero-order valence-electron chi connectivity index (χ0n) is 9.45. The van der Waals surface area contributed by atoms with Crippen LogP contribution in [0.1, 0.15) is 11.3 Å². The molecule has 3 nitrogen and oxygen atoms in total. The lowest BCUT2D eigenvalue weighted by atomic mass is 10.2. The predicted octanol–water partition coefficient (Wildman–Crippen LogP) is 1.96. The largest absolute Gasteiger partial charge is 0.330 e. The first-order valence-corrected chi connectivity index (χ1v) is 5.32. The molecule has 1 heterocycles. The standard InChI is InChI=1S/C12H13F2N3/c1-8-9(4-5-15)7-16-17(8)10-2-3-11(13)12(14)6-10/h2-3,6-7H,4-5,15H2,1H3. The molecule has 2 N–H and O–H groups in total. The normalized spacial score (nSPS) is 10.8. The number of hydrogen-bond donors (Lipinski definition) is 1. The Morgan fingerprint density at radius 2 is 2.06 bits per heavy atom. The van der Waals surface area contributed by atoms with Gasteiger partial charge in [-0.25, -0.2) is 13.5 Å². The molecule has 0 bridgehead atoms. The monoisotopic (exact) mass is 237 g/mol. The second-order valence-corrected chi connectivity index (χ2v) is 3.80. The van der Waals surface area contributed by atoms with Gasteiger partial charge in [0.05, 0.1) is 11.9 Å². The van der Waals surface area contributed by atoms with Gasteiger partial charge in [-0.3, -0.25) is 0 Å². The molecule has 0 aliphatic carbocycles. The van der Waals surface area contributed by atoms with Crippen LogP contribution in [-0.4, -0.2) is 16.3 Å². The SMILES string of the molecule is Cc1c(CCN)cnn1-c1ccc(F)c(F)c1. The molecule has 0 aliphatic heterocycles. The third-order valence-electron chi connectivity index (χ3n) is 2.67. The van der Waals surface area contributed by atoms with Crippen LogP contribution in [0, 0.1) is 18.6 Å². The molecule has 5 heteroatoms. The predicted molar refractivity (Wildman–Crippen MR) is 61.0 cm³/mol. The van der Waals surface area contributed by atoms with E-state index in [4.69, 9.17) is 5.73 Å². The molecule has 17 heavy (non-hydrogen) atoms. The quantitative estimate of drug-likeness (QED) is 0.886. The van der Waals surface area contributed by atoms with Crippen LogP contribution in [0.5, 0.6) is 0 Å². The van der Waals surface area contributed by atoms with Crippen LogP contribution >= 0.6 is 0 Å². The van der Waals surface area contributed by atoms with E-state index in [-0.39, 0.29) is 0 Å². The minimum Gasteiger partial charge on any atom is -0.330 e. The average Bonchev–Trinajstić information content (AvgIpc) is 2.66. The van der Waals surface area contributed by atoms with Gasteiger partial charge in [0.15, 0.2) is 11.6 Å². The van der Waals surface area contributed by atoms with Crippen molar-refractivity contribution in [2.24, 2.45) is 5.73 Å². The summed E-state index contributed by atoms with van der Waals surface area (Å²) >= 11 is 0. The van der Waals surface area contributed by atoms with Crippen molar-refractivity contribution in [1.82, 2.24) is 9.78 Å². The molecule has 1 aromatic carbocycles. The maximum Gasteiger partial charge on any atom is 0.160 e. The van der Waals surface area contributed by atoms with Gasteiger partial charge in [-0.2, -0.15) is 5.10 Å². The molecule has 0 radical (unpaired) electrons. The summed E-state index contributed by atoms with van der Waals surface area (Å²) in [4.78, 5) is 0. The number of aromatic nitrogens is 2. The first-order valence-electron chi connectivity index (χ1n) is 5.32. The Morgan fingerprint density at radius 1 is 1.29 bits per heavy atom. The van der Waals surface area contributed by atoms with Gasteiger partial charge in [-0.05, 0) is 37.6 Å². The van der Waals surface area contributed by atoms with Crippen molar-refractivity contribution >= 4 is 0 Å². The highest BCUT2D eigenvalue weighted by atomic mass is 19.2. The zero-order valence-corrected chi connectivity index (χ0v) is 9.45. The summed E-state index contributed by atoms with van der Waals surface area (Å²) in [6.07, 6.45) is 2.42. The Morgan fingerprint density at radius 3 is 2.71 bits per heavy atom. The first-order chi connectivity index (χ1) is 8.13. The van der Waals surface area contributed by atoms with E-state index < -0.39 is 11.6 Å². The summed E-state index contributed by atoms with van der Waals surface area (Å²) < 4.78 is 27.5. The van der Waals surface area contributed by atoms with Crippen molar-refractivity contribution in [3.63, 3.8) is 0 Å². The minimum absolute atomic E-state index is 0.504. The van der Waals surface area contributed by atoms with Crippen LogP contribution in [0.25, 0.3) is 5.69 Å². The van der Waals surface area contributed by atoms with Crippen molar-refractivity contribution in [2.75, 3.05) is 6.54 Å². The molecule has 1 aromatic heterocycles. The summed E-state index contributed by atoms with van der Waals surface area (Å²) in [5.41, 5.74) is 7.88. The third kappa shape index (κ3) is 2.19. The van der Waals surface area contributed by atoms with Crippen molar-refractivity contribution in [1.29, 1.82) is 0 Å². The molecule has 0 saturated carbocycles. The third-order valence-corrected chi connectivity index (χ3v) is 2.67. The van der Waals surface area contributed by atoms with Crippen LogP contribution in [0.3, 0.4) is 0 Å². The van der Waals surface area contributed by atoms with E-state index in [1.807, 2.05) is 6.92 Å². The number of rotatable bonds is 3. The molecule has 0 amide bonds. The summed E-state index contributed by atoms with van der Waals surface area (Å²) in [5, 5.41) is 4.15. The van der Waals surface area contributed by atoms with E-state index in [1.54, 1.807) is 10.9 Å². The van der Waals surface area contributed by atoms with Crippen LogP contribution in [0.15, 0.2) is 24.4 Å². The summed E-state index contributed by atoms with van der Waals surface area (Å²) in [6.45, 7) is 2.41. The van der Waals surface area contributed by atoms with Gasteiger partial charge in [0.2, 0.25) is 0 Å². The van der Waals surface area contributed by atoms with Gasteiger partial charge < -0.3 is 5.73 Å². The lowest BCUT2D eigenvalue weighted by Gasteiger charge is -2.05. The van der Waals surface area contributed by atoms with Crippen molar-refractivity contribution in [3.8, 4) is 5.69 Å². The Bertz CT molecular complexity index is 535. The van der Waals surface area contributed by atoms with Crippen LogP contribution in [-0.2, 0) is 6.42 Å². The van der Waals surface area contributed by atoms with E-state index in [0.717, 1.165) is 29.8 Å². The fourth-order valence-corrected chi connectivity index (χ4v) is 1.72. The highest BCUT2D eigenvalue weighted by molar-refractivity contribution is 5.35. The Balaban J connectivity index is 2.42. The lowest BCUT2D eigenvalue weighted by molar-refractivity contribution is 0.507. The summed E-state index contributed by atoms with van der Waals surface area (Å²) in [5.74, 6) is -1.74. The molecule has 2 aromatic rings. The van der Waals surface area contributed by atoms with E-state index in [0.29, 0.717) is 12.2 Å². The molecule has 0 saturated heterocycles. The maximum atomic E-state index is 13.1. The first kappa shape index (κ1) is 11.7. The summed E-state index contributed by atoms with van der Waals surface area (Å²) in [6, 6.07) is 3.71. The van der Waals surface area contributed by atoms with Crippen LogP contribution in [0.2, 0.25) is 0 Å². The van der Waals surface area contributed by atoms with Crippen molar-refractivity contribution < 1.29 is 8.78 Å². The molecular formula is C12H13F2N3. The van der Waals surface area contributed by atoms with E-state index in [9.17, 15) is 8.78 Å². The van der Waals surface area contributed by atoms with Gasteiger partial charge in [-0.15, -0.1) is 0 Å². The average molecular weight is 237 g/mol. The number of benzene rings is 1. The Hall–Kier alpha value is -1.75. The molecule has 90 valence electrons. The second kappa shape index (κ2) is 4.63. The maximum absolute atomic E-state index is 13.1. The Kier molecular flexibility index (Phi) is 3.19. The topological polar surface area (TPSA) is 43.8 Å². The highest BCUT2D eigenvalue weighted by Crippen LogP contribution is 2.16. The molecule has 0 unspecified atom stereocenters. The van der Waals surface area contributed by atoms with E-state index in [2.05, 4.69) is 5.10 Å². The zero-order chi connectivity index (χ0) is 12.4. The second-order valence-electron chi connectivity index (χ2n) is 3.80. The van der Waals surface area contributed by atoms with Crippen LogP contribution < -0.4 is 5.73 Å². The number of nitrogens with two attached hydrogens (primary N) is 1. The molecule has 0 atom stereocenters. The molecule has 0 fully saturated rings. The van der Waals surface area contributed by atoms with E-state index in [1.165, 1.54) is 6.07 Å². The number of halogens is 2. The van der Waals surface area contributed by atoms with Crippen molar-refractivity contribution in [2.45, 2.75) is 13.3 Å². The number of nitrogens with zero attached hydrogens (tertiary/aromatic N) is 2. The highest BCUT2D eigenvalue weighted by Gasteiger charge is 2.09. The van der Waals surface area contributed by atoms with Gasteiger partial charge in [0.25, 0.3) is 0 Å². The van der Waals surface area contributed by atoms with Gasteiger partial charge >= 0.3 is 0 Å². The number of hydrogen-bond acceptors (Lipinski definition) is 2. The van der Waals surface area contributed by atoms with Gasteiger partial charge in [-0.1, -0.05) is 0 Å². The molecule has 0 aliphatic rings. The minimum atomic E-state index is -0.877. The summed E-state index contributed by atoms with van der Waals surface area (Å²) in [7, 11) is 0.